The van der Waals surface area contributed by atoms with Crippen molar-refractivity contribution in [3.8, 4) is 0 Å². The topological polar surface area (TPSA) is 63.2 Å². The molecule has 0 atom stereocenters. The van der Waals surface area contributed by atoms with E-state index in [2.05, 4.69) is 4.72 Å². The number of hydrogen-bond acceptors (Lipinski definition) is 4. The van der Waals surface area contributed by atoms with Gasteiger partial charge in [0.1, 0.15) is 0 Å². The highest BCUT2D eigenvalue weighted by molar-refractivity contribution is 7.92. The van der Waals surface area contributed by atoms with Gasteiger partial charge in [0, 0.05) is 11.3 Å². The maximum Gasteiger partial charge on any atom is 0.229 e. The Bertz CT molecular complexity index is 700. The van der Waals surface area contributed by atoms with Crippen LogP contribution in [0.5, 0.6) is 0 Å². The Morgan fingerprint density at radius 1 is 1.16 bits per heavy atom. The summed E-state index contributed by atoms with van der Waals surface area (Å²) in [6.45, 7) is 1.89. The van der Waals surface area contributed by atoms with E-state index in [4.69, 9.17) is 0 Å². The Hall–Kier alpha value is -1.66. The standard InChI is InChI=1S/C13H13NO3S2/c1-9-7-8-18-13(9)12(15)10-3-5-11(6-4-10)14-19(2,16)17/h3-8,14H,1-2H3. The summed E-state index contributed by atoms with van der Waals surface area (Å²) in [5.41, 5.74) is 1.94. The Morgan fingerprint density at radius 2 is 1.79 bits per heavy atom. The van der Waals surface area contributed by atoms with Crippen LogP contribution >= 0.6 is 11.3 Å². The SMILES string of the molecule is Cc1ccsc1C(=O)c1ccc(NS(C)(=O)=O)cc1. The minimum Gasteiger partial charge on any atom is -0.288 e. The Balaban J connectivity index is 2.24. The van der Waals surface area contributed by atoms with Crippen LogP contribution in [0.4, 0.5) is 5.69 Å². The van der Waals surface area contributed by atoms with Gasteiger partial charge in [0.05, 0.1) is 11.1 Å². The predicted octanol–water partition coefficient (Wildman–Crippen LogP) is 2.66. The van der Waals surface area contributed by atoms with Gasteiger partial charge in [-0.05, 0) is 48.2 Å². The van der Waals surface area contributed by atoms with Crippen molar-refractivity contribution in [2.75, 3.05) is 11.0 Å². The zero-order valence-corrected chi connectivity index (χ0v) is 12.1. The fourth-order valence-corrected chi connectivity index (χ4v) is 3.09. The Kier molecular flexibility index (Phi) is 3.73. The summed E-state index contributed by atoms with van der Waals surface area (Å²) < 4.78 is 24.5. The van der Waals surface area contributed by atoms with E-state index < -0.39 is 10.0 Å². The fourth-order valence-electron chi connectivity index (χ4n) is 1.64. The van der Waals surface area contributed by atoms with Crippen LogP contribution in [0.15, 0.2) is 35.7 Å². The molecule has 1 aromatic carbocycles. The molecule has 6 heteroatoms. The first-order valence-corrected chi connectivity index (χ1v) is 8.30. The van der Waals surface area contributed by atoms with Gasteiger partial charge in [0.2, 0.25) is 15.8 Å². The number of anilines is 1. The van der Waals surface area contributed by atoms with Crippen molar-refractivity contribution in [2.45, 2.75) is 6.92 Å². The summed E-state index contributed by atoms with van der Waals surface area (Å²) in [5, 5.41) is 1.88. The van der Waals surface area contributed by atoms with Gasteiger partial charge in [0.15, 0.2) is 0 Å². The van der Waals surface area contributed by atoms with Crippen LogP contribution in [0.25, 0.3) is 0 Å². The molecule has 4 nitrogen and oxygen atoms in total. The highest BCUT2D eigenvalue weighted by atomic mass is 32.2. The van der Waals surface area contributed by atoms with Crippen molar-refractivity contribution in [3.63, 3.8) is 0 Å². The summed E-state index contributed by atoms with van der Waals surface area (Å²) >= 11 is 1.41. The molecule has 0 saturated carbocycles. The zero-order valence-electron chi connectivity index (χ0n) is 10.5. The van der Waals surface area contributed by atoms with E-state index >= 15 is 0 Å². The maximum absolute atomic E-state index is 12.2. The molecular weight excluding hydrogens is 282 g/mol. The Labute approximate surface area is 116 Å². The van der Waals surface area contributed by atoms with Gasteiger partial charge in [0.25, 0.3) is 0 Å². The maximum atomic E-state index is 12.2. The molecule has 0 amide bonds. The van der Waals surface area contributed by atoms with E-state index in [1.807, 2.05) is 18.4 Å². The molecule has 1 N–H and O–H groups in total. The van der Waals surface area contributed by atoms with Gasteiger partial charge < -0.3 is 0 Å². The van der Waals surface area contributed by atoms with Crippen LogP contribution in [-0.4, -0.2) is 20.5 Å². The van der Waals surface area contributed by atoms with Gasteiger partial charge in [-0.1, -0.05) is 0 Å². The summed E-state index contributed by atoms with van der Waals surface area (Å²) in [7, 11) is -3.29. The van der Waals surface area contributed by atoms with Crippen molar-refractivity contribution in [3.05, 3.63) is 51.7 Å². The number of nitrogens with one attached hydrogen (secondary N) is 1. The third-order valence-electron chi connectivity index (χ3n) is 2.52. The van der Waals surface area contributed by atoms with Crippen LogP contribution in [0.3, 0.4) is 0 Å². The smallest absolute Gasteiger partial charge is 0.229 e. The lowest BCUT2D eigenvalue weighted by Crippen LogP contribution is -2.09. The first-order chi connectivity index (χ1) is 8.87. The lowest BCUT2D eigenvalue weighted by molar-refractivity contribution is 0.104. The summed E-state index contributed by atoms with van der Waals surface area (Å²) in [6.07, 6.45) is 1.08. The molecular formula is C13H13NO3S2. The average Bonchev–Trinajstić information content (AvgIpc) is 2.73. The zero-order chi connectivity index (χ0) is 14.0. The summed E-state index contributed by atoms with van der Waals surface area (Å²) in [6, 6.07) is 8.30. The second kappa shape index (κ2) is 5.14. The number of sulfonamides is 1. The first-order valence-electron chi connectivity index (χ1n) is 5.53. The van der Waals surface area contributed by atoms with Crippen molar-refractivity contribution in [2.24, 2.45) is 0 Å². The summed E-state index contributed by atoms with van der Waals surface area (Å²) in [5.74, 6) is -0.0431. The molecule has 0 saturated heterocycles. The van der Waals surface area contributed by atoms with Crippen LogP contribution in [-0.2, 0) is 10.0 Å². The number of benzene rings is 1. The highest BCUT2D eigenvalue weighted by Crippen LogP contribution is 2.21. The van der Waals surface area contributed by atoms with E-state index in [0.717, 1.165) is 11.8 Å². The van der Waals surface area contributed by atoms with Gasteiger partial charge in [-0.25, -0.2) is 8.42 Å². The molecule has 0 unspecified atom stereocenters. The van der Waals surface area contributed by atoms with Crippen LogP contribution in [0.2, 0.25) is 0 Å². The largest absolute Gasteiger partial charge is 0.288 e. The lowest BCUT2D eigenvalue weighted by Gasteiger charge is -2.05. The molecule has 0 bridgehead atoms. The molecule has 0 spiro atoms. The third kappa shape index (κ3) is 3.42. The van der Waals surface area contributed by atoms with Crippen LogP contribution < -0.4 is 4.72 Å². The van der Waals surface area contributed by atoms with Crippen molar-refractivity contribution in [1.29, 1.82) is 0 Å². The van der Waals surface area contributed by atoms with Gasteiger partial charge >= 0.3 is 0 Å². The molecule has 1 aromatic heterocycles. The predicted molar refractivity (Wildman–Crippen MR) is 77.4 cm³/mol. The van der Waals surface area contributed by atoms with Crippen molar-refractivity contribution in [1.82, 2.24) is 0 Å². The van der Waals surface area contributed by atoms with E-state index in [0.29, 0.717) is 16.1 Å². The van der Waals surface area contributed by atoms with Gasteiger partial charge in [-0.3, -0.25) is 9.52 Å². The molecule has 0 aliphatic carbocycles. The normalized spacial score (nSPS) is 11.3. The molecule has 0 fully saturated rings. The first kappa shape index (κ1) is 13.8. The fraction of sp³-hybridized carbons (Fsp3) is 0.154. The van der Waals surface area contributed by atoms with E-state index in [1.54, 1.807) is 24.3 Å². The molecule has 19 heavy (non-hydrogen) atoms. The quantitative estimate of drug-likeness (QED) is 0.882. The number of thiophene rings is 1. The second-order valence-corrected chi connectivity index (χ2v) is 6.88. The number of aryl methyl sites for hydroxylation is 1. The number of hydrogen-bond donors (Lipinski definition) is 1. The highest BCUT2D eigenvalue weighted by Gasteiger charge is 2.13. The molecule has 2 rings (SSSR count). The number of rotatable bonds is 4. The number of carbonyl (C=O) groups is 1. The average molecular weight is 295 g/mol. The van der Waals surface area contributed by atoms with E-state index in [1.165, 1.54) is 11.3 Å². The minimum atomic E-state index is -3.29. The molecule has 100 valence electrons. The molecule has 1 heterocycles. The molecule has 2 aromatic rings. The van der Waals surface area contributed by atoms with Crippen LogP contribution in [0, 0.1) is 6.92 Å². The monoisotopic (exact) mass is 295 g/mol. The number of ketones is 1. The molecule has 0 radical (unpaired) electrons. The van der Waals surface area contributed by atoms with Crippen LogP contribution in [0.1, 0.15) is 20.8 Å². The van der Waals surface area contributed by atoms with Crippen molar-refractivity contribution < 1.29 is 13.2 Å². The lowest BCUT2D eigenvalue weighted by atomic mass is 10.1. The van der Waals surface area contributed by atoms with Gasteiger partial charge in [-0.2, -0.15) is 0 Å². The van der Waals surface area contributed by atoms with E-state index in [9.17, 15) is 13.2 Å². The Morgan fingerprint density at radius 3 is 2.26 bits per heavy atom. The summed E-state index contributed by atoms with van der Waals surface area (Å²) in [4.78, 5) is 12.9. The molecule has 0 aliphatic heterocycles. The van der Waals surface area contributed by atoms with Gasteiger partial charge in [-0.15, -0.1) is 11.3 Å². The van der Waals surface area contributed by atoms with Crippen molar-refractivity contribution >= 4 is 32.8 Å². The van der Waals surface area contributed by atoms with E-state index in [-0.39, 0.29) is 5.78 Å². The minimum absolute atomic E-state index is 0.0431. The second-order valence-electron chi connectivity index (χ2n) is 4.21. The third-order valence-corrected chi connectivity index (χ3v) is 4.14. The molecule has 0 aliphatic rings. The number of carbonyl (C=O) groups excluding carboxylic acids is 1.